The molecule has 25 heavy (non-hydrogen) atoms. The highest BCUT2D eigenvalue weighted by atomic mass is 32.2. The molecule has 2 aliphatic heterocycles. The fourth-order valence-electron chi connectivity index (χ4n) is 3.92. The number of nitrogens with zero attached hydrogens (tertiary/aromatic N) is 2. The van der Waals surface area contributed by atoms with Gasteiger partial charge in [0.1, 0.15) is 6.42 Å². The summed E-state index contributed by atoms with van der Waals surface area (Å²) < 4.78 is 23.4. The summed E-state index contributed by atoms with van der Waals surface area (Å²) in [4.78, 5) is 28.6. The smallest absolute Gasteiger partial charge is 0.236 e. The van der Waals surface area contributed by atoms with E-state index in [1.165, 1.54) is 0 Å². The van der Waals surface area contributed by atoms with Crippen LogP contribution in [0.2, 0.25) is 0 Å². The fourth-order valence-corrected chi connectivity index (χ4v) is 5.65. The first-order valence-corrected chi connectivity index (χ1v) is 10.5. The average molecular weight is 364 g/mol. The van der Waals surface area contributed by atoms with Gasteiger partial charge in [0.2, 0.25) is 11.8 Å². The molecule has 2 aliphatic rings. The van der Waals surface area contributed by atoms with Crippen molar-refractivity contribution < 1.29 is 18.0 Å². The second kappa shape index (κ2) is 6.78. The standard InChI is InChI=1S/C18H24N2O4S/c1-3-19(15-8-9-25(23,24)12-15)17(21)11-18(22)20-13(2)10-14-6-4-5-7-16(14)20/h4-7,13,15H,3,8-12H2,1-2H3. The van der Waals surface area contributed by atoms with Crippen molar-refractivity contribution in [3.8, 4) is 0 Å². The first kappa shape index (κ1) is 17.9. The van der Waals surface area contributed by atoms with E-state index in [-0.39, 0.29) is 41.8 Å². The maximum Gasteiger partial charge on any atom is 0.236 e. The molecule has 2 unspecified atom stereocenters. The van der Waals surface area contributed by atoms with Crippen LogP contribution >= 0.6 is 0 Å². The Hall–Kier alpha value is -1.89. The molecule has 1 aromatic carbocycles. The second-order valence-corrected chi connectivity index (χ2v) is 9.09. The Balaban J connectivity index is 1.71. The number of anilines is 1. The molecule has 2 amide bonds. The number of rotatable bonds is 4. The number of benzene rings is 1. The molecule has 1 saturated heterocycles. The highest BCUT2D eigenvalue weighted by molar-refractivity contribution is 7.91. The Kier molecular flexibility index (Phi) is 4.86. The summed E-state index contributed by atoms with van der Waals surface area (Å²) in [7, 11) is -3.07. The maximum absolute atomic E-state index is 12.8. The van der Waals surface area contributed by atoms with Crippen LogP contribution in [0.3, 0.4) is 0 Å². The van der Waals surface area contributed by atoms with E-state index in [4.69, 9.17) is 0 Å². The SMILES string of the molecule is CCN(C(=O)CC(=O)N1c2ccccc2CC1C)C1CCS(=O)(=O)C1. The summed E-state index contributed by atoms with van der Waals surface area (Å²) >= 11 is 0. The molecule has 1 fully saturated rings. The summed E-state index contributed by atoms with van der Waals surface area (Å²) in [6.07, 6.45) is 1.02. The van der Waals surface area contributed by atoms with Gasteiger partial charge in [-0.25, -0.2) is 8.42 Å². The predicted octanol–water partition coefficient (Wildman–Crippen LogP) is 1.39. The van der Waals surface area contributed by atoms with E-state index in [9.17, 15) is 18.0 Å². The molecule has 2 heterocycles. The van der Waals surface area contributed by atoms with Gasteiger partial charge in [-0.2, -0.15) is 0 Å². The third-order valence-corrected chi connectivity index (χ3v) is 6.84. The van der Waals surface area contributed by atoms with Crippen molar-refractivity contribution in [2.45, 2.75) is 45.2 Å². The topological polar surface area (TPSA) is 74.8 Å². The Bertz CT molecular complexity index is 790. The molecule has 3 rings (SSSR count). The molecule has 7 heteroatoms. The van der Waals surface area contributed by atoms with E-state index in [1.54, 1.807) is 9.80 Å². The predicted molar refractivity (Wildman–Crippen MR) is 96.2 cm³/mol. The molecule has 0 aromatic heterocycles. The Labute approximate surface area is 148 Å². The van der Waals surface area contributed by atoms with Crippen LogP contribution in [0.4, 0.5) is 5.69 Å². The summed E-state index contributed by atoms with van der Waals surface area (Å²) in [6, 6.07) is 7.47. The zero-order valence-corrected chi connectivity index (χ0v) is 15.5. The van der Waals surface area contributed by atoms with Crippen molar-refractivity contribution in [3.05, 3.63) is 29.8 Å². The lowest BCUT2D eigenvalue weighted by atomic mass is 10.1. The minimum atomic E-state index is -3.07. The van der Waals surface area contributed by atoms with Gasteiger partial charge in [0, 0.05) is 24.3 Å². The van der Waals surface area contributed by atoms with Gasteiger partial charge in [0.15, 0.2) is 9.84 Å². The van der Waals surface area contributed by atoms with Crippen LogP contribution in [-0.2, 0) is 25.8 Å². The first-order chi connectivity index (χ1) is 11.8. The van der Waals surface area contributed by atoms with E-state index < -0.39 is 9.84 Å². The highest BCUT2D eigenvalue weighted by Gasteiger charge is 2.36. The number of amides is 2. The first-order valence-electron chi connectivity index (χ1n) is 8.72. The Morgan fingerprint density at radius 1 is 1.28 bits per heavy atom. The van der Waals surface area contributed by atoms with Crippen molar-refractivity contribution >= 4 is 27.3 Å². The molecule has 1 aromatic rings. The van der Waals surface area contributed by atoms with Crippen molar-refractivity contribution in [2.24, 2.45) is 0 Å². The van der Waals surface area contributed by atoms with Gasteiger partial charge in [-0.3, -0.25) is 9.59 Å². The number of sulfone groups is 1. The quantitative estimate of drug-likeness (QED) is 0.757. The summed E-state index contributed by atoms with van der Waals surface area (Å²) in [5.74, 6) is -0.386. The van der Waals surface area contributed by atoms with Crippen molar-refractivity contribution in [1.29, 1.82) is 0 Å². The normalized spacial score (nSPS) is 24.2. The van der Waals surface area contributed by atoms with Crippen LogP contribution in [0, 0.1) is 0 Å². The van der Waals surface area contributed by atoms with Crippen LogP contribution in [0.1, 0.15) is 32.3 Å². The Morgan fingerprint density at radius 2 is 2.00 bits per heavy atom. The largest absolute Gasteiger partial charge is 0.338 e. The summed E-state index contributed by atoms with van der Waals surface area (Å²) in [5, 5.41) is 0. The lowest BCUT2D eigenvalue weighted by Gasteiger charge is -2.28. The van der Waals surface area contributed by atoms with E-state index in [0.29, 0.717) is 13.0 Å². The summed E-state index contributed by atoms with van der Waals surface area (Å²) in [5.41, 5.74) is 1.99. The lowest BCUT2D eigenvalue weighted by molar-refractivity contribution is -0.136. The minimum absolute atomic E-state index is 0.00369. The van der Waals surface area contributed by atoms with Gasteiger partial charge in [-0.05, 0) is 38.3 Å². The van der Waals surface area contributed by atoms with Gasteiger partial charge in [-0.1, -0.05) is 18.2 Å². The zero-order chi connectivity index (χ0) is 18.2. The maximum atomic E-state index is 12.8. The van der Waals surface area contributed by atoms with Gasteiger partial charge < -0.3 is 9.80 Å². The monoisotopic (exact) mass is 364 g/mol. The van der Waals surface area contributed by atoms with Crippen LogP contribution in [0.5, 0.6) is 0 Å². The molecular formula is C18H24N2O4S. The summed E-state index contributed by atoms with van der Waals surface area (Å²) in [6.45, 7) is 4.21. The molecule has 0 radical (unpaired) electrons. The third kappa shape index (κ3) is 3.56. The number of para-hydroxylation sites is 1. The highest BCUT2D eigenvalue weighted by Crippen LogP contribution is 2.32. The van der Waals surface area contributed by atoms with Crippen molar-refractivity contribution in [2.75, 3.05) is 23.0 Å². The average Bonchev–Trinajstić information content (AvgIpc) is 3.06. The molecular weight excluding hydrogens is 340 g/mol. The van der Waals surface area contributed by atoms with Crippen molar-refractivity contribution in [1.82, 2.24) is 4.90 Å². The van der Waals surface area contributed by atoms with Crippen LogP contribution < -0.4 is 4.90 Å². The number of fused-ring (bicyclic) bond motifs is 1. The van der Waals surface area contributed by atoms with Gasteiger partial charge in [-0.15, -0.1) is 0 Å². The molecule has 0 bridgehead atoms. The van der Waals surface area contributed by atoms with Gasteiger partial charge >= 0.3 is 0 Å². The number of hydrogen-bond donors (Lipinski definition) is 0. The molecule has 0 spiro atoms. The van der Waals surface area contributed by atoms with Crippen molar-refractivity contribution in [3.63, 3.8) is 0 Å². The van der Waals surface area contributed by atoms with Crippen LogP contribution in [0.25, 0.3) is 0 Å². The zero-order valence-electron chi connectivity index (χ0n) is 14.6. The molecule has 0 aliphatic carbocycles. The number of hydrogen-bond acceptors (Lipinski definition) is 4. The third-order valence-electron chi connectivity index (χ3n) is 5.09. The van der Waals surface area contributed by atoms with Crippen LogP contribution in [-0.4, -0.2) is 55.3 Å². The fraction of sp³-hybridized carbons (Fsp3) is 0.556. The number of carbonyl (C=O) groups is 2. The second-order valence-electron chi connectivity index (χ2n) is 6.86. The minimum Gasteiger partial charge on any atom is -0.338 e. The van der Waals surface area contributed by atoms with E-state index in [2.05, 4.69) is 0 Å². The van der Waals surface area contributed by atoms with E-state index in [0.717, 1.165) is 17.7 Å². The van der Waals surface area contributed by atoms with Crippen LogP contribution in [0.15, 0.2) is 24.3 Å². The molecule has 0 saturated carbocycles. The molecule has 0 N–H and O–H groups in total. The van der Waals surface area contributed by atoms with Gasteiger partial charge in [0.05, 0.1) is 11.5 Å². The molecule has 2 atom stereocenters. The van der Waals surface area contributed by atoms with E-state index >= 15 is 0 Å². The Morgan fingerprint density at radius 3 is 2.64 bits per heavy atom. The molecule has 6 nitrogen and oxygen atoms in total. The number of carbonyl (C=O) groups excluding carboxylic acids is 2. The van der Waals surface area contributed by atoms with Gasteiger partial charge in [0.25, 0.3) is 0 Å². The van der Waals surface area contributed by atoms with E-state index in [1.807, 2.05) is 38.1 Å². The molecule has 136 valence electrons. The lowest BCUT2D eigenvalue weighted by Crippen LogP contribution is -2.44.